The van der Waals surface area contributed by atoms with Crippen LogP contribution in [0.1, 0.15) is 42.5 Å². The van der Waals surface area contributed by atoms with Crippen LogP contribution in [-0.4, -0.2) is 68.6 Å². The van der Waals surface area contributed by atoms with Gasteiger partial charge in [0.2, 0.25) is 5.91 Å². The molecule has 0 bridgehead atoms. The van der Waals surface area contributed by atoms with Gasteiger partial charge in [-0.05, 0) is 55.8 Å². The fourth-order valence-corrected chi connectivity index (χ4v) is 3.50. The Morgan fingerprint density at radius 1 is 1.14 bits per heavy atom. The molecule has 0 spiro atoms. The molecule has 0 saturated heterocycles. The van der Waals surface area contributed by atoms with E-state index in [1.807, 2.05) is 0 Å². The second kappa shape index (κ2) is 16.9. The molecule has 2 atom stereocenters. The fourth-order valence-electron chi connectivity index (χ4n) is 3.50. The number of azide groups is 1. The van der Waals surface area contributed by atoms with Crippen molar-refractivity contribution in [3.8, 4) is 5.75 Å². The standard InChI is InChI=1S/C24H33N5O7/c25-29-28-21(35-14-13-34-17-22(30)31)16-36-20-10-6-9-19(15-20)24(33)27-12-11-26-23(32)18-7-4-2-1-3-5-8-18/h1-2,6,9-10,15,18,21H,3-5,7-8,11-14,16-17H2,(H,26,32)(H,27,33)(H,30,31)/b2-1+. The van der Waals surface area contributed by atoms with E-state index < -0.39 is 18.8 Å². The number of aliphatic carboxylic acids is 1. The average Bonchev–Trinajstić information content (AvgIpc) is 2.84. The minimum atomic E-state index is -1.10. The van der Waals surface area contributed by atoms with Crippen molar-refractivity contribution in [2.75, 3.05) is 39.5 Å². The van der Waals surface area contributed by atoms with Crippen LogP contribution in [-0.2, 0) is 19.1 Å². The number of benzene rings is 1. The van der Waals surface area contributed by atoms with Gasteiger partial charge in [0.25, 0.3) is 5.91 Å². The summed E-state index contributed by atoms with van der Waals surface area (Å²) >= 11 is 0. The van der Waals surface area contributed by atoms with E-state index in [-0.39, 0.29) is 37.6 Å². The summed E-state index contributed by atoms with van der Waals surface area (Å²) in [7, 11) is 0. The van der Waals surface area contributed by atoms with Crippen molar-refractivity contribution in [1.29, 1.82) is 0 Å². The molecule has 0 aromatic heterocycles. The van der Waals surface area contributed by atoms with E-state index in [0.29, 0.717) is 24.4 Å². The van der Waals surface area contributed by atoms with E-state index in [4.69, 9.17) is 24.8 Å². The van der Waals surface area contributed by atoms with Gasteiger partial charge in [-0.25, -0.2) is 4.79 Å². The highest BCUT2D eigenvalue weighted by atomic mass is 16.6. The Morgan fingerprint density at radius 3 is 2.75 bits per heavy atom. The first kappa shape index (κ1) is 28.6. The first-order valence-electron chi connectivity index (χ1n) is 11.9. The van der Waals surface area contributed by atoms with Gasteiger partial charge in [0, 0.05) is 29.5 Å². The topological polar surface area (TPSA) is 172 Å². The average molecular weight is 504 g/mol. The van der Waals surface area contributed by atoms with E-state index in [2.05, 4.69) is 32.8 Å². The second-order valence-electron chi connectivity index (χ2n) is 8.04. The number of hydrogen-bond acceptors (Lipinski definition) is 7. The third kappa shape index (κ3) is 11.7. The first-order valence-corrected chi connectivity index (χ1v) is 11.9. The van der Waals surface area contributed by atoms with Crippen molar-refractivity contribution < 1.29 is 33.7 Å². The van der Waals surface area contributed by atoms with Crippen LogP contribution in [0.5, 0.6) is 5.75 Å². The Bertz CT molecular complexity index is 933. The van der Waals surface area contributed by atoms with Gasteiger partial charge in [0.15, 0.2) is 6.23 Å². The first-order chi connectivity index (χ1) is 17.5. The molecule has 0 radical (unpaired) electrons. The fraction of sp³-hybridized carbons (Fsp3) is 0.542. The van der Waals surface area contributed by atoms with Crippen LogP contribution >= 0.6 is 0 Å². The molecule has 0 fully saturated rings. The molecule has 2 unspecified atom stereocenters. The summed E-state index contributed by atoms with van der Waals surface area (Å²) in [5.74, 6) is -1.00. The minimum absolute atomic E-state index is 0.00919. The van der Waals surface area contributed by atoms with E-state index in [1.54, 1.807) is 24.3 Å². The summed E-state index contributed by atoms with van der Waals surface area (Å²) in [6.45, 7) is 0.0884. The summed E-state index contributed by atoms with van der Waals surface area (Å²) in [5.41, 5.74) is 9.06. The van der Waals surface area contributed by atoms with E-state index >= 15 is 0 Å². The van der Waals surface area contributed by atoms with E-state index in [1.165, 1.54) is 0 Å². The Hall–Kier alpha value is -3.60. The molecule has 36 heavy (non-hydrogen) atoms. The third-order valence-electron chi connectivity index (χ3n) is 5.29. The van der Waals surface area contributed by atoms with E-state index in [0.717, 1.165) is 32.1 Å². The molecule has 2 rings (SSSR count). The van der Waals surface area contributed by atoms with Gasteiger partial charge in [-0.2, -0.15) is 0 Å². The van der Waals surface area contributed by atoms with Crippen LogP contribution in [0.25, 0.3) is 10.4 Å². The lowest BCUT2D eigenvalue weighted by molar-refractivity contribution is -0.143. The van der Waals surface area contributed by atoms with Crippen molar-refractivity contribution in [1.82, 2.24) is 10.6 Å². The summed E-state index contributed by atoms with van der Waals surface area (Å²) < 4.78 is 15.8. The number of allylic oxidation sites excluding steroid dienone is 2. The number of carboxylic acid groups (broad SMARTS) is 1. The SMILES string of the molecule is [N-]=[N+]=NC(COc1cccc(C(=O)NCCNC(=O)C2CC/C=C/CCC2)c1)OCCOCC(=O)O. The van der Waals surface area contributed by atoms with Gasteiger partial charge in [0.1, 0.15) is 19.0 Å². The molecule has 196 valence electrons. The van der Waals surface area contributed by atoms with Crippen LogP contribution < -0.4 is 15.4 Å². The number of carboxylic acids is 1. The molecule has 12 nitrogen and oxygen atoms in total. The number of carbonyl (C=O) groups is 3. The highest BCUT2D eigenvalue weighted by Gasteiger charge is 2.18. The lowest BCUT2D eigenvalue weighted by atomic mass is 9.93. The number of carbonyl (C=O) groups excluding carboxylic acids is 2. The molecule has 1 aromatic carbocycles. The van der Waals surface area contributed by atoms with Crippen LogP contribution in [0, 0.1) is 5.92 Å². The Labute approximate surface area is 209 Å². The number of ether oxygens (including phenoxy) is 3. The largest absolute Gasteiger partial charge is 0.491 e. The second-order valence-corrected chi connectivity index (χ2v) is 8.04. The molecule has 3 N–H and O–H groups in total. The molecule has 1 aliphatic carbocycles. The monoisotopic (exact) mass is 503 g/mol. The highest BCUT2D eigenvalue weighted by Crippen LogP contribution is 2.18. The lowest BCUT2D eigenvalue weighted by Gasteiger charge is -2.17. The summed E-state index contributed by atoms with van der Waals surface area (Å²) in [5, 5.41) is 17.7. The maximum absolute atomic E-state index is 12.5. The van der Waals surface area contributed by atoms with Crippen LogP contribution in [0.4, 0.5) is 0 Å². The molecule has 2 amide bonds. The van der Waals surface area contributed by atoms with Gasteiger partial charge < -0.3 is 30.0 Å². The molecule has 0 heterocycles. The predicted octanol–water partition coefficient (Wildman–Crippen LogP) is 2.80. The minimum Gasteiger partial charge on any atom is -0.491 e. The van der Waals surface area contributed by atoms with Crippen molar-refractivity contribution in [2.45, 2.75) is 38.3 Å². The van der Waals surface area contributed by atoms with Crippen molar-refractivity contribution in [3.05, 3.63) is 52.4 Å². The zero-order valence-corrected chi connectivity index (χ0v) is 20.1. The summed E-state index contributed by atoms with van der Waals surface area (Å²) in [6.07, 6.45) is 7.96. The molecule has 0 aliphatic heterocycles. The zero-order valence-electron chi connectivity index (χ0n) is 20.1. The number of nitrogens with zero attached hydrogens (tertiary/aromatic N) is 3. The number of amides is 2. The van der Waals surface area contributed by atoms with Gasteiger partial charge in [-0.15, -0.1) is 0 Å². The number of nitrogens with one attached hydrogen (secondary N) is 2. The van der Waals surface area contributed by atoms with Gasteiger partial charge in [0.05, 0.1) is 13.2 Å². The van der Waals surface area contributed by atoms with Crippen LogP contribution in [0.15, 0.2) is 41.5 Å². The highest BCUT2D eigenvalue weighted by molar-refractivity contribution is 5.94. The smallest absolute Gasteiger partial charge is 0.329 e. The quantitative estimate of drug-likeness (QED) is 0.108. The van der Waals surface area contributed by atoms with Gasteiger partial charge in [-0.3, -0.25) is 9.59 Å². The third-order valence-corrected chi connectivity index (χ3v) is 5.29. The molecule has 1 aliphatic rings. The predicted molar refractivity (Wildman–Crippen MR) is 130 cm³/mol. The number of hydrogen-bond donors (Lipinski definition) is 3. The Kier molecular flexibility index (Phi) is 13.5. The van der Waals surface area contributed by atoms with Gasteiger partial charge >= 0.3 is 5.97 Å². The Balaban J connectivity index is 1.73. The Morgan fingerprint density at radius 2 is 1.94 bits per heavy atom. The lowest BCUT2D eigenvalue weighted by Crippen LogP contribution is -2.37. The number of rotatable bonds is 15. The molecule has 0 saturated carbocycles. The van der Waals surface area contributed by atoms with Crippen LogP contribution in [0.2, 0.25) is 0 Å². The maximum Gasteiger partial charge on any atom is 0.329 e. The normalized spacial score (nSPS) is 16.9. The summed E-state index contributed by atoms with van der Waals surface area (Å²) in [6, 6.07) is 6.46. The maximum atomic E-state index is 12.5. The molecular formula is C24H33N5O7. The molecule has 1 aromatic rings. The molecular weight excluding hydrogens is 470 g/mol. The van der Waals surface area contributed by atoms with Gasteiger partial charge in [-0.1, -0.05) is 23.3 Å². The zero-order chi connectivity index (χ0) is 26.0. The van der Waals surface area contributed by atoms with E-state index in [9.17, 15) is 14.4 Å². The van der Waals surface area contributed by atoms with Crippen molar-refractivity contribution in [3.63, 3.8) is 0 Å². The van der Waals surface area contributed by atoms with Crippen molar-refractivity contribution in [2.24, 2.45) is 11.0 Å². The molecule has 12 heteroatoms. The summed E-state index contributed by atoms with van der Waals surface area (Å²) in [4.78, 5) is 38.0. The van der Waals surface area contributed by atoms with Crippen LogP contribution in [0.3, 0.4) is 0 Å². The van der Waals surface area contributed by atoms with Crippen molar-refractivity contribution >= 4 is 17.8 Å².